The van der Waals surface area contributed by atoms with E-state index in [2.05, 4.69) is 10.6 Å². The minimum atomic E-state index is -0.826. The second-order valence-corrected chi connectivity index (χ2v) is 6.23. The van der Waals surface area contributed by atoms with Gasteiger partial charge in [0.15, 0.2) is 5.76 Å². The van der Waals surface area contributed by atoms with Gasteiger partial charge in [0.25, 0.3) is 5.91 Å². The summed E-state index contributed by atoms with van der Waals surface area (Å²) in [6, 6.07) is 2.27. The number of hydrogen-bond acceptors (Lipinski definition) is 4. The molecule has 0 aliphatic heterocycles. The average Bonchev–Trinajstić information content (AvgIpc) is 3.14. The van der Waals surface area contributed by atoms with E-state index in [1.807, 2.05) is 13.8 Å². The summed E-state index contributed by atoms with van der Waals surface area (Å²) < 4.78 is 5.02. The first-order valence-corrected chi connectivity index (χ1v) is 7.76. The summed E-state index contributed by atoms with van der Waals surface area (Å²) in [4.78, 5) is 35.4. The van der Waals surface area contributed by atoms with Crippen LogP contribution in [0.15, 0.2) is 22.8 Å². The van der Waals surface area contributed by atoms with Gasteiger partial charge in [-0.15, -0.1) is 0 Å². The van der Waals surface area contributed by atoms with Gasteiger partial charge in [-0.1, -0.05) is 13.8 Å². The van der Waals surface area contributed by atoms with Gasteiger partial charge in [-0.25, -0.2) is 0 Å². The second-order valence-electron chi connectivity index (χ2n) is 6.23. The van der Waals surface area contributed by atoms with Crippen molar-refractivity contribution in [3.63, 3.8) is 0 Å². The molecule has 3 N–H and O–H groups in total. The van der Waals surface area contributed by atoms with Crippen LogP contribution in [-0.2, 0) is 9.59 Å². The van der Waals surface area contributed by atoms with Crippen molar-refractivity contribution in [1.82, 2.24) is 10.6 Å². The second kappa shape index (κ2) is 7.30. The first-order chi connectivity index (χ1) is 10.9. The quantitative estimate of drug-likeness (QED) is 0.733. The molecule has 7 nitrogen and oxygen atoms in total. The minimum absolute atomic E-state index is 0.106. The average molecular weight is 322 g/mol. The highest BCUT2D eigenvalue weighted by Gasteiger charge is 2.33. The number of carbonyl (C=O) groups excluding carboxylic acids is 2. The zero-order chi connectivity index (χ0) is 17.0. The van der Waals surface area contributed by atoms with Crippen molar-refractivity contribution in [1.29, 1.82) is 0 Å². The molecule has 23 heavy (non-hydrogen) atoms. The molecular weight excluding hydrogens is 300 g/mol. The molecule has 126 valence electrons. The van der Waals surface area contributed by atoms with Crippen molar-refractivity contribution in [3.8, 4) is 0 Å². The van der Waals surface area contributed by atoms with Gasteiger partial charge in [0.2, 0.25) is 5.91 Å². The summed E-state index contributed by atoms with van der Waals surface area (Å²) in [5.41, 5.74) is 0. The smallest absolute Gasteiger partial charge is 0.306 e. The molecule has 0 spiro atoms. The minimum Gasteiger partial charge on any atom is -0.481 e. The molecule has 1 aromatic heterocycles. The lowest BCUT2D eigenvalue weighted by Gasteiger charge is -2.23. The lowest BCUT2D eigenvalue weighted by atomic mass is 10.0. The Kier molecular flexibility index (Phi) is 5.41. The van der Waals surface area contributed by atoms with Crippen molar-refractivity contribution in [3.05, 3.63) is 24.2 Å². The maximum Gasteiger partial charge on any atom is 0.306 e. The largest absolute Gasteiger partial charge is 0.481 e. The number of nitrogens with one attached hydrogen (secondary N) is 2. The Bertz CT molecular complexity index is 567. The molecule has 0 aromatic carbocycles. The van der Waals surface area contributed by atoms with Gasteiger partial charge in [-0.2, -0.15) is 0 Å². The zero-order valence-corrected chi connectivity index (χ0v) is 13.2. The molecule has 0 bridgehead atoms. The zero-order valence-electron chi connectivity index (χ0n) is 13.2. The lowest BCUT2D eigenvalue weighted by molar-refractivity contribution is -0.141. The fraction of sp³-hybridized carbons (Fsp3) is 0.562. The fourth-order valence-electron chi connectivity index (χ4n) is 2.78. The van der Waals surface area contributed by atoms with E-state index in [4.69, 9.17) is 9.52 Å². The molecule has 0 saturated heterocycles. The van der Waals surface area contributed by atoms with Crippen LogP contribution >= 0.6 is 0 Å². The predicted molar refractivity (Wildman–Crippen MR) is 81.7 cm³/mol. The standard InChI is InChI=1S/C16H22N2O5/c1-9(2)13(18-14(19)12-4-3-7-23-12)15(20)17-11-6-5-10(8-11)16(21)22/h3-4,7,9-11,13H,5-6,8H2,1-2H3,(H,17,20)(H,18,19)(H,21,22)/t10-,11+,13?/m0/s1. The Hall–Kier alpha value is -2.31. The number of carbonyl (C=O) groups is 3. The summed E-state index contributed by atoms with van der Waals surface area (Å²) in [7, 11) is 0. The van der Waals surface area contributed by atoms with Gasteiger partial charge < -0.3 is 20.2 Å². The van der Waals surface area contributed by atoms with Crippen LogP contribution in [0.4, 0.5) is 0 Å². The molecule has 3 atom stereocenters. The third-order valence-corrected chi connectivity index (χ3v) is 4.11. The van der Waals surface area contributed by atoms with Crippen molar-refractivity contribution < 1.29 is 23.9 Å². The lowest BCUT2D eigenvalue weighted by Crippen LogP contribution is -2.51. The van der Waals surface area contributed by atoms with E-state index in [-0.39, 0.29) is 23.6 Å². The summed E-state index contributed by atoms with van der Waals surface area (Å²) >= 11 is 0. The molecule has 1 aliphatic carbocycles. The molecule has 1 fully saturated rings. The van der Waals surface area contributed by atoms with Crippen LogP contribution in [0, 0.1) is 11.8 Å². The molecular formula is C16H22N2O5. The molecule has 2 amide bonds. The Balaban J connectivity index is 1.94. The van der Waals surface area contributed by atoms with Crippen LogP contribution in [0.25, 0.3) is 0 Å². The Morgan fingerprint density at radius 1 is 1.30 bits per heavy atom. The van der Waals surface area contributed by atoms with E-state index in [0.717, 1.165) is 0 Å². The molecule has 2 rings (SSSR count). The summed E-state index contributed by atoms with van der Waals surface area (Å²) in [5, 5.41) is 14.5. The van der Waals surface area contributed by atoms with Gasteiger partial charge >= 0.3 is 5.97 Å². The van der Waals surface area contributed by atoms with Crippen LogP contribution in [0.1, 0.15) is 43.7 Å². The highest BCUT2D eigenvalue weighted by molar-refractivity contribution is 5.95. The van der Waals surface area contributed by atoms with Gasteiger partial charge in [-0.05, 0) is 37.3 Å². The highest BCUT2D eigenvalue weighted by atomic mass is 16.4. The van der Waals surface area contributed by atoms with E-state index in [0.29, 0.717) is 19.3 Å². The number of rotatable bonds is 6. The molecule has 1 aromatic rings. The van der Waals surface area contributed by atoms with Crippen molar-refractivity contribution in [2.45, 2.75) is 45.2 Å². The number of carboxylic acid groups (broad SMARTS) is 1. The van der Waals surface area contributed by atoms with Crippen LogP contribution in [0.3, 0.4) is 0 Å². The number of carboxylic acids is 1. The topological polar surface area (TPSA) is 109 Å². The summed E-state index contributed by atoms with van der Waals surface area (Å²) in [5.74, 6) is -1.93. The first kappa shape index (κ1) is 17.1. The number of amides is 2. The van der Waals surface area contributed by atoms with Crippen molar-refractivity contribution in [2.75, 3.05) is 0 Å². The van der Waals surface area contributed by atoms with Crippen LogP contribution in [0.5, 0.6) is 0 Å². The maximum absolute atomic E-state index is 12.4. The molecule has 1 saturated carbocycles. The van der Waals surface area contributed by atoms with Gasteiger partial charge in [0.05, 0.1) is 12.2 Å². The third kappa shape index (κ3) is 4.34. The predicted octanol–water partition coefficient (Wildman–Crippen LogP) is 1.40. The van der Waals surface area contributed by atoms with Crippen LogP contribution in [0.2, 0.25) is 0 Å². The van der Waals surface area contributed by atoms with Crippen LogP contribution in [-0.4, -0.2) is 35.0 Å². The molecule has 1 unspecified atom stereocenters. The van der Waals surface area contributed by atoms with Gasteiger partial charge in [0.1, 0.15) is 6.04 Å². The number of aliphatic carboxylic acids is 1. The fourth-order valence-corrected chi connectivity index (χ4v) is 2.78. The summed E-state index contributed by atoms with van der Waals surface area (Å²) in [6.07, 6.45) is 3.02. The monoisotopic (exact) mass is 322 g/mol. The SMILES string of the molecule is CC(C)C(NC(=O)c1ccco1)C(=O)N[C@@H]1CC[C@H](C(=O)O)C1. The van der Waals surface area contributed by atoms with Crippen molar-refractivity contribution >= 4 is 17.8 Å². The molecule has 1 heterocycles. The molecule has 1 aliphatic rings. The van der Waals surface area contributed by atoms with E-state index in [9.17, 15) is 14.4 Å². The Morgan fingerprint density at radius 3 is 2.57 bits per heavy atom. The summed E-state index contributed by atoms with van der Waals surface area (Å²) in [6.45, 7) is 3.67. The van der Waals surface area contributed by atoms with Crippen LogP contribution < -0.4 is 10.6 Å². The van der Waals surface area contributed by atoms with E-state index in [1.165, 1.54) is 12.3 Å². The number of hydrogen-bond donors (Lipinski definition) is 3. The maximum atomic E-state index is 12.4. The van der Waals surface area contributed by atoms with Gasteiger partial charge in [0, 0.05) is 6.04 Å². The molecule has 0 radical (unpaired) electrons. The normalized spacial score (nSPS) is 21.9. The Labute approximate surface area is 134 Å². The van der Waals surface area contributed by atoms with Gasteiger partial charge in [-0.3, -0.25) is 14.4 Å². The van der Waals surface area contributed by atoms with E-state index >= 15 is 0 Å². The highest BCUT2D eigenvalue weighted by Crippen LogP contribution is 2.25. The Morgan fingerprint density at radius 2 is 2.04 bits per heavy atom. The molecule has 7 heteroatoms. The van der Waals surface area contributed by atoms with Crippen molar-refractivity contribution in [2.24, 2.45) is 11.8 Å². The van der Waals surface area contributed by atoms with E-state index < -0.39 is 23.8 Å². The van der Waals surface area contributed by atoms with E-state index in [1.54, 1.807) is 6.07 Å². The first-order valence-electron chi connectivity index (χ1n) is 7.76. The number of furan rings is 1. The third-order valence-electron chi connectivity index (χ3n) is 4.11.